The molecule has 5 heteroatoms. The van der Waals surface area contributed by atoms with Gasteiger partial charge in [0.05, 0.1) is 6.10 Å². The summed E-state index contributed by atoms with van der Waals surface area (Å²) in [5, 5.41) is 6.45. The number of halogens is 1. The minimum atomic E-state index is -0.247. The van der Waals surface area contributed by atoms with Gasteiger partial charge in [0.15, 0.2) is 0 Å². The van der Waals surface area contributed by atoms with E-state index in [1.54, 1.807) is 12.1 Å². The molecule has 0 aromatic heterocycles. The number of nitrogens with one attached hydrogen (secondary N) is 2. The number of amides is 2. The van der Waals surface area contributed by atoms with E-state index in [-0.39, 0.29) is 24.0 Å². The van der Waals surface area contributed by atoms with Crippen molar-refractivity contribution in [2.75, 3.05) is 0 Å². The molecule has 3 rings (SSSR count). The van der Waals surface area contributed by atoms with Gasteiger partial charge in [-0.25, -0.2) is 9.18 Å². The quantitative estimate of drug-likeness (QED) is 0.587. The zero-order chi connectivity index (χ0) is 21.0. The minimum Gasteiger partial charge on any atom is -0.490 e. The van der Waals surface area contributed by atoms with Gasteiger partial charge in [0.1, 0.15) is 11.6 Å². The highest BCUT2D eigenvalue weighted by molar-refractivity contribution is 5.74. The number of hydrogen-bond acceptors (Lipinski definition) is 2. The van der Waals surface area contributed by atoms with Gasteiger partial charge in [-0.3, -0.25) is 0 Å². The number of rotatable bonds is 4. The van der Waals surface area contributed by atoms with Crippen molar-refractivity contribution in [3.63, 3.8) is 0 Å². The molecule has 0 spiro atoms. The third-order valence-electron chi connectivity index (χ3n) is 6.57. The summed E-state index contributed by atoms with van der Waals surface area (Å²) in [5.41, 5.74) is 0. The van der Waals surface area contributed by atoms with Crippen molar-refractivity contribution in [3.05, 3.63) is 30.1 Å². The average molecular weight is 419 g/mol. The van der Waals surface area contributed by atoms with Crippen LogP contribution in [0.1, 0.15) is 96.3 Å². The molecule has 30 heavy (non-hydrogen) atoms. The molecular weight excluding hydrogens is 379 g/mol. The van der Waals surface area contributed by atoms with Gasteiger partial charge in [0.25, 0.3) is 0 Å². The molecule has 2 saturated carbocycles. The molecule has 0 heterocycles. The van der Waals surface area contributed by atoms with E-state index in [2.05, 4.69) is 10.6 Å². The van der Waals surface area contributed by atoms with Gasteiger partial charge in [0.2, 0.25) is 0 Å². The number of carbonyl (C=O) groups excluding carboxylic acids is 1. The zero-order valence-corrected chi connectivity index (χ0v) is 18.3. The summed E-state index contributed by atoms with van der Waals surface area (Å²) < 4.78 is 19.0. The molecule has 2 fully saturated rings. The zero-order valence-electron chi connectivity index (χ0n) is 18.3. The average Bonchev–Trinajstić information content (AvgIpc) is 2.73. The number of hydrogen-bond donors (Lipinski definition) is 2. The first-order valence-corrected chi connectivity index (χ1v) is 12.2. The van der Waals surface area contributed by atoms with Crippen LogP contribution in [-0.4, -0.2) is 24.2 Å². The van der Waals surface area contributed by atoms with E-state index in [1.807, 2.05) is 0 Å². The lowest BCUT2D eigenvalue weighted by Gasteiger charge is -2.30. The highest BCUT2D eigenvalue weighted by Gasteiger charge is 2.24. The van der Waals surface area contributed by atoms with Crippen LogP contribution in [0.5, 0.6) is 5.75 Å². The maximum atomic E-state index is 13.0. The van der Waals surface area contributed by atoms with Crippen LogP contribution in [0.2, 0.25) is 0 Å². The van der Waals surface area contributed by atoms with Gasteiger partial charge >= 0.3 is 6.03 Å². The Bertz CT molecular complexity index is 602. The SMILES string of the molecule is O=C(NC1CCCCCCCCCCC1)NC1CCC(Oc2ccc(F)cc2)CC1. The molecule has 2 N–H and O–H groups in total. The lowest BCUT2D eigenvalue weighted by atomic mass is 9.93. The van der Waals surface area contributed by atoms with Crippen molar-refractivity contribution >= 4 is 6.03 Å². The van der Waals surface area contributed by atoms with Gasteiger partial charge in [-0.2, -0.15) is 0 Å². The first-order valence-electron chi connectivity index (χ1n) is 12.2. The summed E-state index contributed by atoms with van der Waals surface area (Å²) in [7, 11) is 0. The lowest BCUT2D eigenvalue weighted by molar-refractivity contribution is 0.139. The Labute approximate surface area is 181 Å². The van der Waals surface area contributed by atoms with Gasteiger partial charge in [-0.15, -0.1) is 0 Å². The van der Waals surface area contributed by atoms with Crippen LogP contribution in [0.3, 0.4) is 0 Å². The number of ether oxygens (including phenoxy) is 1. The maximum absolute atomic E-state index is 13.0. The minimum absolute atomic E-state index is 0.00463. The maximum Gasteiger partial charge on any atom is 0.315 e. The first kappa shape index (κ1) is 22.9. The summed E-state index contributed by atoms with van der Waals surface area (Å²) >= 11 is 0. The molecule has 2 amide bonds. The summed E-state index contributed by atoms with van der Waals surface area (Å²) in [6, 6.07) is 6.72. The van der Waals surface area contributed by atoms with Crippen LogP contribution in [-0.2, 0) is 0 Å². The van der Waals surface area contributed by atoms with Gasteiger partial charge in [-0.05, 0) is 62.8 Å². The fourth-order valence-electron chi connectivity index (χ4n) is 4.75. The van der Waals surface area contributed by atoms with Crippen LogP contribution < -0.4 is 15.4 Å². The Morgan fingerprint density at radius 3 is 1.70 bits per heavy atom. The molecule has 1 aromatic rings. The standard InChI is InChI=1S/C25H39FN2O2/c26-20-12-16-23(17-13-20)30-24-18-14-22(15-19-24)28-25(29)27-21-10-8-6-4-2-1-3-5-7-9-11-21/h12-13,16-17,21-22,24H,1-11,14-15,18-19H2,(H2,27,28,29). The van der Waals surface area contributed by atoms with E-state index >= 15 is 0 Å². The predicted octanol–water partition coefficient (Wildman–Crippen LogP) is 6.49. The second-order valence-corrected chi connectivity index (χ2v) is 9.12. The second-order valence-electron chi connectivity index (χ2n) is 9.12. The normalized spacial score (nSPS) is 24.8. The molecule has 0 radical (unpaired) electrons. The molecule has 0 atom stereocenters. The molecule has 1 aromatic carbocycles. The van der Waals surface area contributed by atoms with Crippen molar-refractivity contribution in [1.82, 2.24) is 10.6 Å². The van der Waals surface area contributed by atoms with E-state index in [4.69, 9.17) is 4.74 Å². The third-order valence-corrected chi connectivity index (χ3v) is 6.57. The largest absolute Gasteiger partial charge is 0.490 e. The van der Waals surface area contributed by atoms with E-state index in [1.165, 1.54) is 69.9 Å². The van der Waals surface area contributed by atoms with Crippen LogP contribution in [0.15, 0.2) is 24.3 Å². The van der Waals surface area contributed by atoms with Crippen molar-refractivity contribution in [3.8, 4) is 5.75 Å². The number of carbonyl (C=O) groups is 1. The fourth-order valence-corrected chi connectivity index (χ4v) is 4.75. The smallest absolute Gasteiger partial charge is 0.315 e. The molecule has 0 aliphatic heterocycles. The monoisotopic (exact) mass is 418 g/mol. The van der Waals surface area contributed by atoms with Gasteiger partial charge < -0.3 is 15.4 Å². The highest BCUT2D eigenvalue weighted by Crippen LogP contribution is 2.24. The van der Waals surface area contributed by atoms with Crippen LogP contribution in [0, 0.1) is 5.82 Å². The van der Waals surface area contributed by atoms with Gasteiger partial charge in [-0.1, -0.05) is 57.8 Å². The molecule has 0 bridgehead atoms. The van der Waals surface area contributed by atoms with Crippen LogP contribution >= 0.6 is 0 Å². The molecule has 168 valence electrons. The summed E-state index contributed by atoms with van der Waals surface area (Å²) in [6.07, 6.45) is 17.8. The molecule has 0 unspecified atom stereocenters. The molecule has 4 nitrogen and oxygen atoms in total. The second kappa shape index (κ2) is 12.8. The predicted molar refractivity (Wildman–Crippen MR) is 119 cm³/mol. The van der Waals surface area contributed by atoms with Crippen molar-refractivity contribution in [1.29, 1.82) is 0 Å². The van der Waals surface area contributed by atoms with Crippen LogP contribution in [0.4, 0.5) is 9.18 Å². The topological polar surface area (TPSA) is 50.4 Å². The molecule has 0 saturated heterocycles. The number of benzene rings is 1. The van der Waals surface area contributed by atoms with Crippen molar-refractivity contribution < 1.29 is 13.9 Å². The van der Waals surface area contributed by atoms with Gasteiger partial charge in [0, 0.05) is 12.1 Å². The van der Waals surface area contributed by atoms with E-state index < -0.39 is 0 Å². The van der Waals surface area contributed by atoms with Crippen molar-refractivity contribution in [2.24, 2.45) is 0 Å². The van der Waals surface area contributed by atoms with E-state index in [0.717, 1.165) is 38.5 Å². The molecule has 2 aliphatic rings. The Morgan fingerprint density at radius 1 is 0.700 bits per heavy atom. The first-order chi connectivity index (χ1) is 14.7. The fraction of sp³-hybridized carbons (Fsp3) is 0.720. The Morgan fingerprint density at radius 2 is 1.17 bits per heavy atom. The Hall–Kier alpha value is -1.78. The summed E-state index contributed by atoms with van der Waals surface area (Å²) in [5.74, 6) is 0.468. The van der Waals surface area contributed by atoms with E-state index in [0.29, 0.717) is 11.8 Å². The Kier molecular flexibility index (Phi) is 9.78. The highest BCUT2D eigenvalue weighted by atomic mass is 19.1. The lowest BCUT2D eigenvalue weighted by Crippen LogP contribution is -2.48. The Balaban J connectivity index is 1.36. The molecule has 2 aliphatic carbocycles. The summed E-state index contributed by atoms with van der Waals surface area (Å²) in [6.45, 7) is 0. The number of urea groups is 1. The van der Waals surface area contributed by atoms with Crippen molar-refractivity contribution in [2.45, 2.75) is 114 Å². The summed E-state index contributed by atoms with van der Waals surface area (Å²) in [4.78, 5) is 12.6. The third kappa shape index (κ3) is 8.53. The molecular formula is C25H39FN2O2. The van der Waals surface area contributed by atoms with Crippen LogP contribution in [0.25, 0.3) is 0 Å². The van der Waals surface area contributed by atoms with E-state index in [9.17, 15) is 9.18 Å².